The second kappa shape index (κ2) is 13.2. The summed E-state index contributed by atoms with van der Waals surface area (Å²) in [5, 5.41) is 13.1. The Balaban J connectivity index is 1.95. The van der Waals surface area contributed by atoms with E-state index in [4.69, 9.17) is 9.47 Å². The van der Waals surface area contributed by atoms with Gasteiger partial charge in [0.2, 0.25) is 0 Å². The minimum Gasteiger partial charge on any atom is -0.497 e. The monoisotopic (exact) mass is 556 g/mol. The molecule has 0 N–H and O–H groups in total. The van der Waals surface area contributed by atoms with Crippen molar-refractivity contribution in [2.75, 3.05) is 14.2 Å². The summed E-state index contributed by atoms with van der Waals surface area (Å²) in [6.45, 7) is -2.69. The average molecular weight is 557 g/mol. The van der Waals surface area contributed by atoms with Gasteiger partial charge in [-0.05, 0) is 68.7 Å². The van der Waals surface area contributed by atoms with E-state index in [9.17, 15) is 10.1 Å². The summed E-state index contributed by atoms with van der Waals surface area (Å²) in [7, 11) is 5.37. The number of esters is 1. The first-order valence-electron chi connectivity index (χ1n) is 11.6. The molecule has 8 heteroatoms. The molecule has 0 aliphatic rings. The van der Waals surface area contributed by atoms with E-state index in [0.29, 0.717) is 16.1 Å². The number of nitriles is 1. The van der Waals surface area contributed by atoms with Gasteiger partial charge >= 0.3 is 5.97 Å². The van der Waals surface area contributed by atoms with Crippen molar-refractivity contribution < 1.29 is 14.3 Å². The molecule has 190 valence electrons. The minimum atomic E-state index is -2.69. The van der Waals surface area contributed by atoms with E-state index < -0.39 is 12.9 Å². The van der Waals surface area contributed by atoms with Crippen LogP contribution >= 0.6 is 28.5 Å². The average Bonchev–Trinajstić information content (AvgIpc) is 3.00. The lowest BCUT2D eigenvalue weighted by molar-refractivity contribution is -0.132. The number of nitrogens with zero attached hydrogens (tertiary/aromatic N) is 2. The lowest BCUT2D eigenvalue weighted by Crippen LogP contribution is -2.32. The molecule has 0 bridgehead atoms. The van der Waals surface area contributed by atoms with Crippen molar-refractivity contribution in [3.63, 3.8) is 0 Å². The molecule has 5 nitrogen and oxygen atoms in total. The Bertz CT molecular complexity index is 1400. The Kier molecular flexibility index (Phi) is 9.51. The minimum absolute atomic E-state index is 0.217. The number of carbonyl (C=O) groups is 1. The number of carbonyl (C=O) groups excluding carboxylic acids is 1. The highest BCUT2D eigenvalue weighted by molar-refractivity contribution is 8.89. The first-order chi connectivity index (χ1) is 18.6. The maximum absolute atomic E-state index is 13.6. The number of methoxy groups -OCH3 is 2. The van der Waals surface area contributed by atoms with E-state index >= 15 is 0 Å². The summed E-state index contributed by atoms with van der Waals surface area (Å²) in [5.41, 5.74) is 0.616. The van der Waals surface area contributed by atoms with Crippen LogP contribution in [0.4, 0.5) is 5.69 Å². The van der Waals surface area contributed by atoms with E-state index in [-0.39, 0.29) is 5.04 Å². The Morgan fingerprint density at radius 2 is 1.21 bits per heavy atom. The van der Waals surface area contributed by atoms with Gasteiger partial charge in [-0.2, -0.15) is 5.26 Å². The fourth-order valence-electron chi connectivity index (χ4n) is 3.98. The molecular formula is C30H25N2O3PS2. The quantitative estimate of drug-likeness (QED) is 0.0881. The molecule has 38 heavy (non-hydrogen) atoms. The summed E-state index contributed by atoms with van der Waals surface area (Å²) < 4.78 is 11.1. The van der Waals surface area contributed by atoms with Crippen molar-refractivity contribution >= 4 is 65.7 Å². The van der Waals surface area contributed by atoms with Crippen molar-refractivity contribution in [2.24, 2.45) is 4.99 Å². The molecule has 0 fully saturated rings. The summed E-state index contributed by atoms with van der Waals surface area (Å²) in [6, 6.07) is 39.4. The predicted octanol–water partition coefficient (Wildman–Crippen LogP) is 5.93. The molecule has 4 rings (SSSR count). The molecule has 0 aromatic heterocycles. The Morgan fingerprint density at radius 3 is 1.61 bits per heavy atom. The highest BCUT2D eigenvalue weighted by atomic mass is 33.1. The highest BCUT2D eigenvalue weighted by Crippen LogP contribution is 2.51. The van der Waals surface area contributed by atoms with Crippen LogP contribution < -0.4 is 20.7 Å². The third kappa shape index (κ3) is 5.89. The molecule has 4 aromatic carbocycles. The van der Waals surface area contributed by atoms with Crippen LogP contribution in [0.3, 0.4) is 0 Å². The van der Waals surface area contributed by atoms with Crippen molar-refractivity contribution in [3.05, 3.63) is 115 Å². The standard InChI is InChI=1S/C30H25N2O3PS2/c1-34-24-20-18-23(19-21-24)32-28(22-31)37-38-30(29(33)35-2)36(25-12-6-3-7-13-25,26-14-8-4-9-15-26)27-16-10-5-11-17-27/h3-21H,1-2H3. The molecule has 0 amide bonds. The van der Waals surface area contributed by atoms with Gasteiger partial charge in [-0.3, -0.25) is 0 Å². The van der Waals surface area contributed by atoms with Gasteiger partial charge in [0, 0.05) is 0 Å². The van der Waals surface area contributed by atoms with E-state index in [0.717, 1.165) is 26.7 Å². The number of aliphatic imine (C=N–C) groups is 1. The fraction of sp³-hybridized carbons (Fsp3) is 0.0667. The van der Waals surface area contributed by atoms with E-state index in [1.807, 2.05) is 54.6 Å². The van der Waals surface area contributed by atoms with Gasteiger partial charge in [-0.15, -0.1) is 0 Å². The normalized spacial score (nSPS) is 11.3. The molecule has 0 spiro atoms. The smallest absolute Gasteiger partial charge is 0.346 e. The lowest BCUT2D eigenvalue weighted by atomic mass is 10.3. The Hall–Kier alpha value is -3.69. The summed E-state index contributed by atoms with van der Waals surface area (Å²) in [5.74, 6) is 0.267. The molecule has 0 saturated heterocycles. The van der Waals surface area contributed by atoms with Crippen molar-refractivity contribution in [1.82, 2.24) is 0 Å². The molecule has 0 aliphatic heterocycles. The van der Waals surface area contributed by atoms with Gasteiger partial charge in [-0.25, -0.2) is 9.79 Å². The molecule has 0 saturated carbocycles. The predicted molar refractivity (Wildman–Crippen MR) is 163 cm³/mol. The zero-order valence-electron chi connectivity index (χ0n) is 20.9. The maximum atomic E-state index is 13.6. The first kappa shape index (κ1) is 27.3. The lowest BCUT2D eigenvalue weighted by Gasteiger charge is -2.31. The van der Waals surface area contributed by atoms with Crippen LogP contribution in [-0.2, 0) is 9.53 Å². The topological polar surface area (TPSA) is 71.7 Å². The summed E-state index contributed by atoms with van der Waals surface area (Å²) >= 11 is 0. The van der Waals surface area contributed by atoms with Gasteiger partial charge in [0.25, 0.3) is 0 Å². The first-order valence-corrected chi connectivity index (χ1v) is 15.6. The third-order valence-electron chi connectivity index (χ3n) is 5.69. The SMILES string of the molecule is COC(=O)C(SSC(C#N)=Nc1ccc(OC)cc1)=P(c1ccccc1)(c1ccccc1)c1ccccc1. The molecule has 0 aliphatic carbocycles. The zero-order valence-corrected chi connectivity index (χ0v) is 23.4. The van der Waals surface area contributed by atoms with Crippen LogP contribution in [-0.4, -0.2) is 29.9 Å². The number of hydrogen-bond donors (Lipinski definition) is 0. The Morgan fingerprint density at radius 1 is 0.737 bits per heavy atom. The van der Waals surface area contributed by atoms with E-state index in [1.54, 1.807) is 31.4 Å². The molecule has 0 heterocycles. The molecule has 0 atom stereocenters. The molecule has 0 unspecified atom stereocenters. The third-order valence-corrected chi connectivity index (χ3v) is 13.1. The fourth-order valence-corrected chi connectivity index (χ4v) is 11.9. The van der Waals surface area contributed by atoms with Crippen LogP contribution in [0.25, 0.3) is 0 Å². The number of ether oxygens (including phenoxy) is 2. The highest BCUT2D eigenvalue weighted by Gasteiger charge is 2.34. The van der Waals surface area contributed by atoms with Crippen LogP contribution in [0, 0.1) is 11.3 Å². The van der Waals surface area contributed by atoms with Crippen LogP contribution in [0.1, 0.15) is 0 Å². The summed E-state index contributed by atoms with van der Waals surface area (Å²) in [4.78, 5) is 18.1. The molecule has 4 aromatic rings. The second-order valence-electron chi connectivity index (χ2n) is 7.87. The van der Waals surface area contributed by atoms with Crippen molar-refractivity contribution in [1.29, 1.82) is 5.26 Å². The van der Waals surface area contributed by atoms with Gasteiger partial charge in [0.1, 0.15) is 16.4 Å². The van der Waals surface area contributed by atoms with Crippen LogP contribution in [0.15, 0.2) is 120 Å². The van der Waals surface area contributed by atoms with Gasteiger partial charge in [0.05, 0.1) is 19.9 Å². The summed E-state index contributed by atoms with van der Waals surface area (Å²) in [6.07, 6.45) is 0. The largest absolute Gasteiger partial charge is 0.497 e. The van der Waals surface area contributed by atoms with Gasteiger partial charge < -0.3 is 9.47 Å². The van der Waals surface area contributed by atoms with Crippen molar-refractivity contribution in [2.45, 2.75) is 0 Å². The van der Waals surface area contributed by atoms with Crippen LogP contribution in [0.2, 0.25) is 0 Å². The number of benzene rings is 4. The second-order valence-corrected chi connectivity index (χ2v) is 13.6. The Labute approximate surface area is 230 Å². The number of hydrogen-bond acceptors (Lipinski definition) is 7. The number of rotatable bonds is 8. The van der Waals surface area contributed by atoms with E-state index in [2.05, 4.69) is 47.5 Å². The zero-order chi connectivity index (χ0) is 26.8. The van der Waals surface area contributed by atoms with E-state index in [1.165, 1.54) is 17.9 Å². The van der Waals surface area contributed by atoms with Gasteiger partial charge in [-0.1, -0.05) is 91.0 Å². The van der Waals surface area contributed by atoms with Crippen LogP contribution in [0.5, 0.6) is 5.75 Å². The van der Waals surface area contributed by atoms with Crippen molar-refractivity contribution in [3.8, 4) is 11.8 Å². The van der Waals surface area contributed by atoms with Gasteiger partial charge in [0.15, 0.2) is 5.04 Å². The molecule has 0 radical (unpaired) electrons. The molecular weight excluding hydrogens is 531 g/mol. The maximum Gasteiger partial charge on any atom is 0.346 e.